The van der Waals surface area contributed by atoms with Crippen LogP contribution in [0.3, 0.4) is 0 Å². The number of ether oxygens (including phenoxy) is 1. The molecule has 1 heterocycles. The van der Waals surface area contributed by atoms with Gasteiger partial charge < -0.3 is 10.1 Å². The maximum Gasteiger partial charge on any atom is 0.274 e. The fourth-order valence-corrected chi connectivity index (χ4v) is 2.40. The van der Waals surface area contributed by atoms with E-state index in [-0.39, 0.29) is 5.91 Å². The summed E-state index contributed by atoms with van der Waals surface area (Å²) in [6.45, 7) is 6.13. The quantitative estimate of drug-likeness (QED) is 0.504. The minimum absolute atomic E-state index is 0.268. The SMILES string of the molecule is C#Cc1cnc2c(C)cc(OC(C)(S)C(=O)NCCC)cc2c1. The van der Waals surface area contributed by atoms with Crippen LogP contribution in [-0.4, -0.2) is 22.4 Å². The Kier molecular flexibility index (Phi) is 5.17. The lowest BCUT2D eigenvalue weighted by Crippen LogP contribution is -2.44. The molecule has 0 spiro atoms. The van der Waals surface area contributed by atoms with Gasteiger partial charge in [0.05, 0.1) is 5.52 Å². The summed E-state index contributed by atoms with van der Waals surface area (Å²) in [4.78, 5) is 15.2. The second kappa shape index (κ2) is 6.93. The van der Waals surface area contributed by atoms with Gasteiger partial charge in [-0.3, -0.25) is 9.78 Å². The standard InChI is InChI=1S/C18H20N2O2S/c1-5-7-19-17(21)18(4,23)22-15-8-12(3)16-14(10-15)9-13(6-2)11-20-16/h2,8-11,23H,5,7H2,1,3-4H3,(H,19,21). The summed E-state index contributed by atoms with van der Waals surface area (Å²) >= 11 is 4.35. The topological polar surface area (TPSA) is 51.2 Å². The van der Waals surface area contributed by atoms with Crippen molar-refractivity contribution >= 4 is 29.4 Å². The number of pyridine rings is 1. The molecule has 1 amide bonds. The van der Waals surface area contributed by atoms with Gasteiger partial charge in [-0.2, -0.15) is 0 Å². The number of fused-ring (bicyclic) bond motifs is 1. The van der Waals surface area contributed by atoms with E-state index in [9.17, 15) is 4.79 Å². The highest BCUT2D eigenvalue weighted by Gasteiger charge is 2.31. The van der Waals surface area contributed by atoms with Gasteiger partial charge in [-0.1, -0.05) is 12.8 Å². The molecule has 1 aromatic heterocycles. The van der Waals surface area contributed by atoms with Crippen LogP contribution in [0.4, 0.5) is 0 Å². The van der Waals surface area contributed by atoms with Gasteiger partial charge in [0.15, 0.2) is 0 Å². The fourth-order valence-electron chi connectivity index (χ4n) is 2.21. The third-order valence-corrected chi connectivity index (χ3v) is 3.68. The average molecular weight is 328 g/mol. The Morgan fingerprint density at radius 1 is 1.48 bits per heavy atom. The number of hydrogen-bond donors (Lipinski definition) is 2. The zero-order valence-electron chi connectivity index (χ0n) is 13.5. The summed E-state index contributed by atoms with van der Waals surface area (Å²) in [6.07, 6.45) is 7.93. The summed E-state index contributed by atoms with van der Waals surface area (Å²) in [7, 11) is 0. The summed E-state index contributed by atoms with van der Waals surface area (Å²) in [5.41, 5.74) is 2.50. The molecule has 0 bridgehead atoms. The van der Waals surface area contributed by atoms with E-state index in [0.29, 0.717) is 17.9 Å². The van der Waals surface area contributed by atoms with E-state index in [1.165, 1.54) is 0 Å². The van der Waals surface area contributed by atoms with Crippen LogP contribution in [0.1, 0.15) is 31.4 Å². The predicted octanol–water partition coefficient (Wildman–Crippen LogP) is 3.08. The van der Waals surface area contributed by atoms with E-state index < -0.39 is 4.93 Å². The molecular formula is C18H20N2O2S. The van der Waals surface area contributed by atoms with Crippen LogP contribution in [0, 0.1) is 19.3 Å². The Bertz CT molecular complexity index is 778. The molecule has 23 heavy (non-hydrogen) atoms. The molecule has 1 N–H and O–H groups in total. The molecule has 2 aromatic rings. The Morgan fingerprint density at radius 3 is 2.87 bits per heavy atom. The number of thiol groups is 1. The summed E-state index contributed by atoms with van der Waals surface area (Å²) in [5.74, 6) is 2.85. The zero-order valence-corrected chi connectivity index (χ0v) is 14.4. The highest BCUT2D eigenvalue weighted by Crippen LogP contribution is 2.28. The second-order valence-corrected chi connectivity index (χ2v) is 6.37. The number of nitrogens with one attached hydrogen (secondary N) is 1. The number of carbonyl (C=O) groups is 1. The smallest absolute Gasteiger partial charge is 0.274 e. The van der Waals surface area contributed by atoms with Crippen LogP contribution >= 0.6 is 12.6 Å². The van der Waals surface area contributed by atoms with Crippen molar-refractivity contribution in [2.45, 2.75) is 32.1 Å². The van der Waals surface area contributed by atoms with E-state index >= 15 is 0 Å². The molecule has 1 aromatic carbocycles. The van der Waals surface area contributed by atoms with Crippen molar-refractivity contribution in [2.24, 2.45) is 0 Å². The fraction of sp³-hybridized carbons (Fsp3) is 0.333. The van der Waals surface area contributed by atoms with Crippen molar-refractivity contribution in [1.29, 1.82) is 0 Å². The van der Waals surface area contributed by atoms with Gasteiger partial charge in [0.25, 0.3) is 5.91 Å². The van der Waals surface area contributed by atoms with Crippen LogP contribution in [0.2, 0.25) is 0 Å². The number of hydrogen-bond acceptors (Lipinski definition) is 4. The molecule has 0 aliphatic heterocycles. The minimum Gasteiger partial charge on any atom is -0.467 e. The number of aryl methyl sites for hydroxylation is 1. The van der Waals surface area contributed by atoms with Gasteiger partial charge in [-0.25, -0.2) is 0 Å². The van der Waals surface area contributed by atoms with E-state index in [1.807, 2.05) is 32.0 Å². The van der Waals surface area contributed by atoms with Crippen LogP contribution in [0.25, 0.3) is 10.9 Å². The Morgan fingerprint density at radius 2 is 2.22 bits per heavy atom. The largest absolute Gasteiger partial charge is 0.467 e. The lowest BCUT2D eigenvalue weighted by atomic mass is 10.1. The van der Waals surface area contributed by atoms with Crippen LogP contribution in [-0.2, 0) is 4.79 Å². The third kappa shape index (κ3) is 3.96. The molecular weight excluding hydrogens is 308 g/mol. The molecule has 0 aliphatic carbocycles. The highest BCUT2D eigenvalue weighted by molar-refractivity contribution is 7.82. The van der Waals surface area contributed by atoms with E-state index in [0.717, 1.165) is 22.9 Å². The molecule has 0 saturated heterocycles. The number of terminal acetylenes is 1. The van der Waals surface area contributed by atoms with Crippen molar-refractivity contribution in [3.05, 3.63) is 35.5 Å². The van der Waals surface area contributed by atoms with Crippen molar-refractivity contribution < 1.29 is 9.53 Å². The molecule has 1 atom stereocenters. The number of rotatable bonds is 5. The first kappa shape index (κ1) is 17.2. The van der Waals surface area contributed by atoms with Gasteiger partial charge >= 0.3 is 0 Å². The lowest BCUT2D eigenvalue weighted by Gasteiger charge is -2.24. The molecule has 4 nitrogen and oxygen atoms in total. The predicted molar refractivity (Wildman–Crippen MR) is 95.7 cm³/mol. The summed E-state index contributed by atoms with van der Waals surface area (Å²) in [5, 5.41) is 3.65. The molecule has 0 fully saturated rings. The molecule has 5 heteroatoms. The first-order valence-electron chi connectivity index (χ1n) is 7.44. The lowest BCUT2D eigenvalue weighted by molar-refractivity contribution is -0.129. The minimum atomic E-state index is -1.26. The maximum atomic E-state index is 12.1. The number of amides is 1. The van der Waals surface area contributed by atoms with Crippen molar-refractivity contribution in [2.75, 3.05) is 6.54 Å². The van der Waals surface area contributed by atoms with Crippen molar-refractivity contribution in [1.82, 2.24) is 10.3 Å². The number of carbonyl (C=O) groups excluding carboxylic acids is 1. The summed E-state index contributed by atoms with van der Waals surface area (Å²) < 4.78 is 5.80. The first-order valence-corrected chi connectivity index (χ1v) is 7.89. The van der Waals surface area contributed by atoms with Gasteiger partial charge in [0.1, 0.15) is 5.75 Å². The van der Waals surface area contributed by atoms with Gasteiger partial charge in [-0.05, 0) is 44.0 Å². The van der Waals surface area contributed by atoms with E-state index in [2.05, 4.69) is 28.8 Å². The Balaban J connectivity index is 2.33. The van der Waals surface area contributed by atoms with E-state index in [4.69, 9.17) is 11.2 Å². The third-order valence-electron chi connectivity index (χ3n) is 3.39. The molecule has 0 radical (unpaired) electrons. The summed E-state index contributed by atoms with van der Waals surface area (Å²) in [6, 6.07) is 5.53. The molecule has 1 unspecified atom stereocenters. The number of aromatic nitrogens is 1. The van der Waals surface area contributed by atoms with Gasteiger partial charge in [-0.15, -0.1) is 19.1 Å². The molecule has 2 rings (SSSR count). The second-order valence-electron chi connectivity index (χ2n) is 5.52. The van der Waals surface area contributed by atoms with Crippen molar-refractivity contribution in [3.8, 4) is 18.1 Å². The highest BCUT2D eigenvalue weighted by atomic mass is 32.1. The normalized spacial score (nSPS) is 13.2. The molecule has 0 aliphatic rings. The average Bonchev–Trinajstić information content (AvgIpc) is 2.51. The van der Waals surface area contributed by atoms with Gasteiger partial charge in [0, 0.05) is 23.7 Å². The molecule has 0 saturated carbocycles. The zero-order chi connectivity index (χ0) is 17.0. The van der Waals surface area contributed by atoms with Crippen LogP contribution in [0.5, 0.6) is 5.75 Å². The van der Waals surface area contributed by atoms with Gasteiger partial charge in [0.2, 0.25) is 4.93 Å². The molecule has 120 valence electrons. The Hall–Kier alpha value is -2.19. The Labute approximate surface area is 142 Å². The monoisotopic (exact) mass is 328 g/mol. The number of benzene rings is 1. The van der Waals surface area contributed by atoms with E-state index in [1.54, 1.807) is 13.1 Å². The first-order chi connectivity index (χ1) is 10.9. The van der Waals surface area contributed by atoms with Crippen LogP contribution in [0.15, 0.2) is 24.4 Å². The maximum absolute atomic E-state index is 12.1. The number of nitrogens with zero attached hydrogens (tertiary/aromatic N) is 1. The van der Waals surface area contributed by atoms with Crippen LogP contribution < -0.4 is 10.1 Å². The van der Waals surface area contributed by atoms with Crippen molar-refractivity contribution in [3.63, 3.8) is 0 Å².